The van der Waals surface area contributed by atoms with E-state index in [1.807, 2.05) is 0 Å². The summed E-state index contributed by atoms with van der Waals surface area (Å²) >= 11 is 0. The van der Waals surface area contributed by atoms with Gasteiger partial charge >= 0.3 is 0 Å². The van der Waals surface area contributed by atoms with Crippen LogP contribution in [0.3, 0.4) is 0 Å². The van der Waals surface area contributed by atoms with E-state index in [2.05, 4.69) is 230 Å². The second-order valence-electron chi connectivity index (χ2n) is 14.8. The van der Waals surface area contributed by atoms with Gasteiger partial charge in [0.2, 0.25) is 0 Å². The molecule has 0 unspecified atom stereocenters. The highest BCUT2D eigenvalue weighted by Crippen LogP contribution is 2.46. The van der Waals surface area contributed by atoms with Gasteiger partial charge in [0.05, 0.1) is 5.69 Å². The zero-order valence-electron chi connectivity index (χ0n) is 31.9. The van der Waals surface area contributed by atoms with Crippen LogP contribution in [0.25, 0.3) is 55.0 Å². The first-order valence-corrected chi connectivity index (χ1v) is 19.5. The van der Waals surface area contributed by atoms with Gasteiger partial charge in [0.25, 0.3) is 0 Å². The van der Waals surface area contributed by atoms with Crippen molar-refractivity contribution in [3.05, 3.63) is 217 Å². The zero-order valence-corrected chi connectivity index (χ0v) is 31.9. The lowest BCUT2D eigenvalue weighted by Gasteiger charge is -2.27. The lowest BCUT2D eigenvalue weighted by atomic mass is 9.99. The second-order valence-corrected chi connectivity index (χ2v) is 14.8. The van der Waals surface area contributed by atoms with Crippen LogP contribution in [0.5, 0.6) is 0 Å². The molecule has 0 amide bonds. The first-order valence-electron chi connectivity index (χ1n) is 19.5. The number of fused-ring (bicyclic) bond motifs is 5. The van der Waals surface area contributed by atoms with Crippen LogP contribution in [-0.4, -0.2) is 0 Å². The van der Waals surface area contributed by atoms with Crippen molar-refractivity contribution < 1.29 is 4.42 Å². The minimum Gasteiger partial charge on any atom is -0.456 e. The van der Waals surface area contributed by atoms with Crippen molar-refractivity contribution in [3.8, 4) is 22.3 Å². The van der Waals surface area contributed by atoms with Crippen LogP contribution in [0.2, 0.25) is 0 Å². The molecule has 0 aliphatic rings. The summed E-state index contributed by atoms with van der Waals surface area (Å²) in [6.45, 7) is 4.29. The highest BCUT2D eigenvalue weighted by Gasteiger charge is 2.22. The molecule has 57 heavy (non-hydrogen) atoms. The summed E-state index contributed by atoms with van der Waals surface area (Å²) in [4.78, 5) is 4.70. The summed E-state index contributed by atoms with van der Waals surface area (Å²) in [5.41, 5.74) is 15.2. The Hall–Kier alpha value is -7.36. The minimum atomic E-state index is 0.842. The Labute approximate surface area is 333 Å². The number of aryl methyl sites for hydroxylation is 2. The van der Waals surface area contributed by atoms with Crippen molar-refractivity contribution in [2.45, 2.75) is 13.8 Å². The fraction of sp³-hybridized carbons (Fsp3) is 0.0370. The van der Waals surface area contributed by atoms with E-state index >= 15 is 0 Å². The maximum absolute atomic E-state index is 6.97. The summed E-state index contributed by atoms with van der Waals surface area (Å²) < 4.78 is 6.97. The van der Waals surface area contributed by atoms with Crippen LogP contribution in [0.1, 0.15) is 11.1 Å². The number of benzene rings is 9. The third-order valence-corrected chi connectivity index (χ3v) is 10.9. The molecular formula is C54H40N2O. The molecule has 1 aromatic heterocycles. The number of hydrogen-bond acceptors (Lipinski definition) is 3. The molecule has 0 radical (unpaired) electrons. The van der Waals surface area contributed by atoms with E-state index in [1.165, 1.54) is 33.4 Å². The fourth-order valence-electron chi connectivity index (χ4n) is 8.25. The van der Waals surface area contributed by atoms with Crippen LogP contribution < -0.4 is 9.80 Å². The molecule has 3 nitrogen and oxygen atoms in total. The Balaban J connectivity index is 1.16. The average Bonchev–Trinajstić information content (AvgIpc) is 3.63. The van der Waals surface area contributed by atoms with Crippen molar-refractivity contribution >= 4 is 66.8 Å². The smallest absolute Gasteiger partial charge is 0.138 e. The molecule has 0 aliphatic heterocycles. The standard InChI is InChI=1S/C54H40N2O/c1-37-15-11-23-43(31-37)55(45-25-13-21-41(33-45)39-17-5-3-6-18-39)47-29-30-50-52(35-47)57-53-36-51(48-27-9-10-28-49(48)54(50)53)56(44-24-12-16-38(2)32-44)46-26-14-22-42(34-46)40-19-7-4-8-20-40/h3-36H,1-2H3. The third-order valence-electron chi connectivity index (χ3n) is 10.9. The summed E-state index contributed by atoms with van der Waals surface area (Å²) in [7, 11) is 0. The van der Waals surface area contributed by atoms with Crippen LogP contribution in [0, 0.1) is 13.8 Å². The third kappa shape index (κ3) is 6.39. The van der Waals surface area contributed by atoms with Gasteiger partial charge in [-0.25, -0.2) is 0 Å². The van der Waals surface area contributed by atoms with Gasteiger partial charge < -0.3 is 14.2 Å². The Morgan fingerprint density at radius 2 is 0.789 bits per heavy atom. The van der Waals surface area contributed by atoms with Gasteiger partial charge in [-0.1, -0.05) is 133 Å². The molecule has 0 saturated heterocycles. The van der Waals surface area contributed by atoms with Crippen molar-refractivity contribution in [3.63, 3.8) is 0 Å². The van der Waals surface area contributed by atoms with Gasteiger partial charge in [0.1, 0.15) is 11.2 Å². The molecular weight excluding hydrogens is 693 g/mol. The van der Waals surface area contributed by atoms with E-state index in [0.717, 1.165) is 66.8 Å². The molecule has 10 aromatic rings. The van der Waals surface area contributed by atoms with Crippen LogP contribution >= 0.6 is 0 Å². The lowest BCUT2D eigenvalue weighted by molar-refractivity contribution is 0.669. The van der Waals surface area contributed by atoms with Gasteiger partial charge in [0.15, 0.2) is 0 Å². The molecule has 0 bridgehead atoms. The first-order chi connectivity index (χ1) is 28.1. The summed E-state index contributed by atoms with van der Waals surface area (Å²) in [5.74, 6) is 0. The number of rotatable bonds is 8. The highest BCUT2D eigenvalue weighted by atomic mass is 16.3. The van der Waals surface area contributed by atoms with Gasteiger partial charge in [-0.2, -0.15) is 0 Å². The van der Waals surface area contributed by atoms with E-state index < -0.39 is 0 Å². The average molecular weight is 733 g/mol. The van der Waals surface area contributed by atoms with Crippen LogP contribution in [-0.2, 0) is 0 Å². The predicted octanol–water partition coefficient (Wildman–Crippen LogP) is 15.6. The minimum absolute atomic E-state index is 0.842. The zero-order chi connectivity index (χ0) is 38.3. The van der Waals surface area contributed by atoms with Crippen molar-refractivity contribution in [1.29, 1.82) is 0 Å². The Morgan fingerprint density at radius 1 is 0.316 bits per heavy atom. The highest BCUT2D eigenvalue weighted by molar-refractivity contribution is 6.22. The SMILES string of the molecule is Cc1cccc(N(c2cccc(-c3ccccc3)c2)c2ccc3c(c2)oc2cc(N(c4cccc(C)c4)c4cccc(-c5ccccc5)c4)c4ccccc4c23)c1. The Bertz CT molecular complexity index is 3060. The molecule has 0 N–H and O–H groups in total. The summed E-state index contributed by atoms with van der Waals surface area (Å²) in [5, 5.41) is 4.51. The fourth-order valence-corrected chi connectivity index (χ4v) is 8.25. The Morgan fingerprint density at radius 3 is 1.39 bits per heavy atom. The maximum Gasteiger partial charge on any atom is 0.138 e. The van der Waals surface area contributed by atoms with E-state index in [9.17, 15) is 0 Å². The molecule has 1 heterocycles. The van der Waals surface area contributed by atoms with E-state index in [0.29, 0.717) is 0 Å². The molecule has 0 saturated carbocycles. The Kier molecular flexibility index (Phi) is 8.61. The summed E-state index contributed by atoms with van der Waals surface area (Å²) in [6, 6.07) is 73.8. The van der Waals surface area contributed by atoms with Gasteiger partial charge in [-0.3, -0.25) is 0 Å². The largest absolute Gasteiger partial charge is 0.456 e. The normalized spacial score (nSPS) is 11.3. The van der Waals surface area contributed by atoms with Gasteiger partial charge in [-0.05, 0) is 113 Å². The topological polar surface area (TPSA) is 19.6 Å². The van der Waals surface area contributed by atoms with E-state index in [1.54, 1.807) is 0 Å². The van der Waals surface area contributed by atoms with Crippen molar-refractivity contribution in [2.24, 2.45) is 0 Å². The molecule has 272 valence electrons. The van der Waals surface area contributed by atoms with E-state index in [-0.39, 0.29) is 0 Å². The number of nitrogens with zero attached hydrogens (tertiary/aromatic N) is 2. The number of furan rings is 1. The van der Waals surface area contributed by atoms with Crippen LogP contribution in [0.4, 0.5) is 34.1 Å². The predicted molar refractivity (Wildman–Crippen MR) is 241 cm³/mol. The summed E-state index contributed by atoms with van der Waals surface area (Å²) in [6.07, 6.45) is 0. The van der Waals surface area contributed by atoms with E-state index in [4.69, 9.17) is 4.42 Å². The molecule has 9 aromatic carbocycles. The van der Waals surface area contributed by atoms with Gasteiger partial charge in [0, 0.05) is 56.7 Å². The molecule has 0 fully saturated rings. The monoisotopic (exact) mass is 732 g/mol. The molecule has 3 heteroatoms. The molecule has 0 atom stereocenters. The second kappa shape index (κ2) is 14.4. The number of anilines is 6. The maximum atomic E-state index is 6.97. The molecule has 10 rings (SSSR count). The quantitative estimate of drug-likeness (QED) is 0.155. The first kappa shape index (κ1) is 34.2. The molecule has 0 spiro atoms. The van der Waals surface area contributed by atoms with Crippen molar-refractivity contribution in [1.82, 2.24) is 0 Å². The van der Waals surface area contributed by atoms with Crippen LogP contribution in [0.15, 0.2) is 211 Å². The molecule has 0 aliphatic carbocycles. The number of hydrogen-bond donors (Lipinski definition) is 0. The van der Waals surface area contributed by atoms with Gasteiger partial charge in [-0.15, -0.1) is 0 Å². The van der Waals surface area contributed by atoms with Crippen molar-refractivity contribution in [2.75, 3.05) is 9.80 Å². The lowest BCUT2D eigenvalue weighted by Crippen LogP contribution is -2.11.